The van der Waals surface area contributed by atoms with E-state index in [0.29, 0.717) is 11.3 Å². The molecule has 0 bridgehead atoms. The lowest BCUT2D eigenvalue weighted by atomic mass is 10.1. The Morgan fingerprint density at radius 3 is 2.29 bits per heavy atom. The molecule has 1 amide bonds. The summed E-state index contributed by atoms with van der Waals surface area (Å²) < 4.78 is 11.5. The van der Waals surface area contributed by atoms with Crippen molar-refractivity contribution in [2.24, 2.45) is 0 Å². The number of carbonyl (C=O) groups excluding carboxylic acids is 1. The van der Waals surface area contributed by atoms with Gasteiger partial charge in [-0.25, -0.2) is 0 Å². The van der Waals surface area contributed by atoms with E-state index in [9.17, 15) is 4.79 Å². The highest BCUT2D eigenvalue weighted by Gasteiger charge is 2.05. The van der Waals surface area contributed by atoms with Crippen molar-refractivity contribution >= 4 is 16.7 Å². The molecule has 0 aromatic heterocycles. The molecule has 0 atom stereocenters. The standard InChI is InChI=1S/C27H21NO3/c29-27(22-15-17-24(18-16-22)31-23-11-2-1-3-12-23)28-19-6-7-20-30-26-14-8-10-21-9-4-5-13-25(21)26/h1-5,8-18H,19-20H2,(H,28,29). The van der Waals surface area contributed by atoms with Gasteiger partial charge in [0, 0.05) is 10.9 Å². The van der Waals surface area contributed by atoms with E-state index in [2.05, 4.69) is 17.2 Å². The molecule has 0 saturated carbocycles. The van der Waals surface area contributed by atoms with Gasteiger partial charge in [0.1, 0.15) is 23.9 Å². The van der Waals surface area contributed by atoms with Crippen molar-refractivity contribution in [3.8, 4) is 29.1 Å². The minimum atomic E-state index is -0.185. The third kappa shape index (κ3) is 5.43. The van der Waals surface area contributed by atoms with Gasteiger partial charge < -0.3 is 14.8 Å². The largest absolute Gasteiger partial charge is 0.480 e. The summed E-state index contributed by atoms with van der Waals surface area (Å²) in [7, 11) is 0. The van der Waals surface area contributed by atoms with E-state index >= 15 is 0 Å². The molecule has 0 spiro atoms. The maximum absolute atomic E-state index is 12.3. The van der Waals surface area contributed by atoms with E-state index in [1.165, 1.54) is 0 Å². The van der Waals surface area contributed by atoms with E-state index in [1.807, 2.05) is 72.8 Å². The molecule has 0 heterocycles. The van der Waals surface area contributed by atoms with Crippen molar-refractivity contribution in [2.75, 3.05) is 13.2 Å². The highest BCUT2D eigenvalue weighted by molar-refractivity contribution is 5.94. The van der Waals surface area contributed by atoms with Gasteiger partial charge in [-0.1, -0.05) is 66.4 Å². The molecule has 4 heteroatoms. The molecule has 4 rings (SSSR count). The Hall–Kier alpha value is -4.23. The first-order chi connectivity index (χ1) is 15.3. The van der Waals surface area contributed by atoms with Crippen molar-refractivity contribution in [1.29, 1.82) is 0 Å². The second kappa shape index (κ2) is 10.00. The van der Waals surface area contributed by atoms with Crippen LogP contribution in [0, 0.1) is 11.8 Å². The molecular weight excluding hydrogens is 386 g/mol. The molecule has 0 aliphatic heterocycles. The molecule has 0 radical (unpaired) electrons. The molecule has 1 N–H and O–H groups in total. The zero-order valence-electron chi connectivity index (χ0n) is 16.9. The normalized spacial score (nSPS) is 10.1. The number of fused-ring (bicyclic) bond motifs is 1. The van der Waals surface area contributed by atoms with Gasteiger partial charge in [0.25, 0.3) is 5.91 Å². The molecule has 0 saturated heterocycles. The fraction of sp³-hybridized carbons (Fsp3) is 0.0741. The van der Waals surface area contributed by atoms with Crippen LogP contribution in [0.1, 0.15) is 10.4 Å². The number of carbonyl (C=O) groups is 1. The first kappa shape index (κ1) is 20.1. The van der Waals surface area contributed by atoms with E-state index in [0.717, 1.165) is 22.3 Å². The highest BCUT2D eigenvalue weighted by Crippen LogP contribution is 2.25. The molecule has 0 unspecified atom stereocenters. The quantitative estimate of drug-likeness (QED) is 0.433. The molecule has 4 nitrogen and oxygen atoms in total. The van der Waals surface area contributed by atoms with Gasteiger partial charge >= 0.3 is 0 Å². The monoisotopic (exact) mass is 407 g/mol. The van der Waals surface area contributed by atoms with E-state index in [-0.39, 0.29) is 19.1 Å². The summed E-state index contributed by atoms with van der Waals surface area (Å²) in [6, 6.07) is 30.5. The van der Waals surface area contributed by atoms with Crippen LogP contribution in [0.4, 0.5) is 0 Å². The Kier molecular flexibility index (Phi) is 6.47. The zero-order chi connectivity index (χ0) is 21.3. The second-order valence-corrected chi connectivity index (χ2v) is 6.74. The van der Waals surface area contributed by atoms with Crippen molar-refractivity contribution in [1.82, 2.24) is 5.32 Å². The maximum Gasteiger partial charge on any atom is 0.252 e. The number of hydrogen-bond acceptors (Lipinski definition) is 3. The van der Waals surface area contributed by atoms with Crippen LogP contribution in [0.15, 0.2) is 97.1 Å². The van der Waals surface area contributed by atoms with Crippen LogP contribution >= 0.6 is 0 Å². The summed E-state index contributed by atoms with van der Waals surface area (Å²) in [4.78, 5) is 12.3. The molecule has 0 aliphatic rings. The summed E-state index contributed by atoms with van der Waals surface area (Å²) in [5.74, 6) is 7.89. The molecule has 152 valence electrons. The topological polar surface area (TPSA) is 47.6 Å². The number of rotatable bonds is 6. The fourth-order valence-electron chi connectivity index (χ4n) is 3.07. The Bertz CT molecular complexity index is 1220. The van der Waals surface area contributed by atoms with Gasteiger partial charge in [-0.05, 0) is 47.9 Å². The van der Waals surface area contributed by atoms with Gasteiger partial charge in [0.2, 0.25) is 0 Å². The summed E-state index contributed by atoms with van der Waals surface area (Å²) in [6.07, 6.45) is 0. The lowest BCUT2D eigenvalue weighted by Gasteiger charge is -2.07. The Morgan fingerprint density at radius 2 is 1.45 bits per heavy atom. The molecular formula is C27H21NO3. The molecule has 4 aromatic rings. The van der Waals surface area contributed by atoms with Crippen LogP contribution in [0.3, 0.4) is 0 Å². The third-order valence-corrected chi connectivity index (χ3v) is 4.61. The first-order valence-electron chi connectivity index (χ1n) is 9.97. The highest BCUT2D eigenvalue weighted by atomic mass is 16.5. The number of ether oxygens (including phenoxy) is 2. The smallest absolute Gasteiger partial charge is 0.252 e. The minimum Gasteiger partial charge on any atom is -0.480 e. The average Bonchev–Trinajstić information content (AvgIpc) is 2.82. The van der Waals surface area contributed by atoms with Crippen LogP contribution in [0.2, 0.25) is 0 Å². The SMILES string of the molecule is O=C(NCC#CCOc1cccc2ccccc12)c1ccc(Oc2ccccc2)cc1. The Balaban J connectivity index is 1.24. The van der Waals surface area contributed by atoms with Crippen LogP contribution in [-0.2, 0) is 0 Å². The van der Waals surface area contributed by atoms with Crippen molar-refractivity contribution in [3.05, 3.63) is 103 Å². The minimum absolute atomic E-state index is 0.185. The molecule has 4 aromatic carbocycles. The molecule has 0 aliphatic carbocycles. The summed E-state index contributed by atoms with van der Waals surface area (Å²) >= 11 is 0. The van der Waals surface area contributed by atoms with Crippen molar-refractivity contribution < 1.29 is 14.3 Å². The van der Waals surface area contributed by atoms with E-state index in [1.54, 1.807) is 24.3 Å². The zero-order valence-corrected chi connectivity index (χ0v) is 16.9. The predicted molar refractivity (Wildman–Crippen MR) is 123 cm³/mol. The average molecular weight is 407 g/mol. The lowest BCUT2D eigenvalue weighted by Crippen LogP contribution is -2.23. The summed E-state index contributed by atoms with van der Waals surface area (Å²) in [5, 5.41) is 4.97. The number of benzene rings is 4. The van der Waals surface area contributed by atoms with Crippen molar-refractivity contribution in [3.63, 3.8) is 0 Å². The number of para-hydroxylation sites is 1. The van der Waals surface area contributed by atoms with Crippen molar-refractivity contribution in [2.45, 2.75) is 0 Å². The summed E-state index contributed by atoms with van der Waals surface area (Å²) in [5.41, 5.74) is 0.550. The van der Waals surface area contributed by atoms with E-state index < -0.39 is 0 Å². The van der Waals surface area contributed by atoms with Crippen LogP contribution < -0.4 is 14.8 Å². The van der Waals surface area contributed by atoms with Gasteiger partial charge in [0.05, 0.1) is 6.54 Å². The first-order valence-corrected chi connectivity index (χ1v) is 9.97. The Morgan fingerprint density at radius 1 is 0.742 bits per heavy atom. The van der Waals surface area contributed by atoms with Gasteiger partial charge in [-0.2, -0.15) is 0 Å². The summed E-state index contributed by atoms with van der Waals surface area (Å²) in [6.45, 7) is 0.509. The van der Waals surface area contributed by atoms with Gasteiger partial charge in [-0.3, -0.25) is 4.79 Å². The number of hydrogen-bond donors (Lipinski definition) is 1. The predicted octanol–water partition coefficient (Wildman–Crippen LogP) is 5.44. The van der Waals surface area contributed by atoms with Gasteiger partial charge in [0.15, 0.2) is 0 Å². The second-order valence-electron chi connectivity index (χ2n) is 6.74. The number of amides is 1. The molecule has 0 fully saturated rings. The number of nitrogens with one attached hydrogen (secondary N) is 1. The van der Waals surface area contributed by atoms with Crippen LogP contribution in [0.5, 0.6) is 17.2 Å². The lowest BCUT2D eigenvalue weighted by molar-refractivity contribution is 0.0958. The molecule has 31 heavy (non-hydrogen) atoms. The van der Waals surface area contributed by atoms with Crippen LogP contribution in [-0.4, -0.2) is 19.1 Å². The van der Waals surface area contributed by atoms with Gasteiger partial charge in [-0.15, -0.1) is 0 Å². The van der Waals surface area contributed by atoms with Crippen LogP contribution in [0.25, 0.3) is 10.8 Å². The van der Waals surface area contributed by atoms with E-state index in [4.69, 9.17) is 9.47 Å². The fourth-order valence-corrected chi connectivity index (χ4v) is 3.07. The Labute approximate surface area is 181 Å². The maximum atomic E-state index is 12.3. The third-order valence-electron chi connectivity index (χ3n) is 4.61.